The summed E-state index contributed by atoms with van der Waals surface area (Å²) in [4.78, 5) is 3.92. The van der Waals surface area contributed by atoms with E-state index in [-0.39, 0.29) is 15.2 Å². The molecule has 0 aliphatic heterocycles. The molecule has 6 nitrogen and oxygen atoms in total. The Hall–Kier alpha value is -0.960. The van der Waals surface area contributed by atoms with Crippen LogP contribution in [0.4, 0.5) is 0 Å². The third-order valence-electron chi connectivity index (χ3n) is 3.07. The first kappa shape index (κ1) is 15.4. The highest BCUT2D eigenvalue weighted by atomic mass is 35.5. The van der Waals surface area contributed by atoms with Crippen LogP contribution in [0.5, 0.6) is 0 Å². The summed E-state index contributed by atoms with van der Waals surface area (Å²) in [6, 6.07) is 0. The number of nitrogens with zero attached hydrogens (tertiary/aromatic N) is 3. The van der Waals surface area contributed by atoms with E-state index >= 15 is 0 Å². The Morgan fingerprint density at radius 3 is 2.40 bits per heavy atom. The summed E-state index contributed by atoms with van der Waals surface area (Å²) in [5, 5.41) is 4.26. The molecule has 0 atom stereocenters. The Balaban J connectivity index is 2.24. The van der Waals surface area contributed by atoms with Crippen molar-refractivity contribution in [3.05, 3.63) is 27.1 Å². The zero-order chi connectivity index (χ0) is 15.1. The predicted molar refractivity (Wildman–Crippen MR) is 78.6 cm³/mol. The number of sulfonamides is 1. The van der Waals surface area contributed by atoms with Crippen molar-refractivity contribution < 1.29 is 8.42 Å². The standard InChI is InChI=1S/C11H15ClN4O2S2/c1-6-9(8(3)16(4)15-6)5-13-20(17,18)10-7(2)14-11(12)19-10/h13H,5H2,1-4H3. The predicted octanol–water partition coefficient (Wildman–Crippen LogP) is 1.93. The van der Waals surface area contributed by atoms with Gasteiger partial charge in [-0.3, -0.25) is 4.68 Å². The summed E-state index contributed by atoms with van der Waals surface area (Å²) in [5.74, 6) is 0. The summed E-state index contributed by atoms with van der Waals surface area (Å²) < 4.78 is 29.2. The first-order valence-corrected chi connectivity index (χ1v) is 8.52. The topological polar surface area (TPSA) is 76.9 Å². The molecule has 9 heteroatoms. The lowest BCUT2D eigenvalue weighted by Crippen LogP contribution is -2.23. The molecule has 0 unspecified atom stereocenters. The maximum Gasteiger partial charge on any atom is 0.252 e. The number of hydrogen-bond acceptors (Lipinski definition) is 5. The van der Waals surface area contributed by atoms with Gasteiger partial charge in [0.2, 0.25) is 0 Å². The van der Waals surface area contributed by atoms with Gasteiger partial charge in [0, 0.05) is 24.8 Å². The summed E-state index contributed by atoms with van der Waals surface area (Å²) >= 11 is 6.70. The van der Waals surface area contributed by atoms with Crippen molar-refractivity contribution in [3.63, 3.8) is 0 Å². The molecule has 0 bridgehead atoms. The zero-order valence-electron chi connectivity index (χ0n) is 11.6. The average molecular weight is 335 g/mol. The van der Waals surface area contributed by atoms with Gasteiger partial charge in [0.15, 0.2) is 8.68 Å². The molecule has 0 aromatic carbocycles. The van der Waals surface area contributed by atoms with Crippen molar-refractivity contribution in [3.8, 4) is 0 Å². The van der Waals surface area contributed by atoms with E-state index in [1.165, 1.54) is 0 Å². The van der Waals surface area contributed by atoms with Gasteiger partial charge in [-0.25, -0.2) is 18.1 Å². The molecule has 2 aromatic heterocycles. The Morgan fingerprint density at radius 1 is 1.30 bits per heavy atom. The van der Waals surface area contributed by atoms with Gasteiger partial charge in [0.05, 0.1) is 11.4 Å². The number of thiazole rings is 1. The van der Waals surface area contributed by atoms with Crippen LogP contribution in [0, 0.1) is 20.8 Å². The fourth-order valence-corrected chi connectivity index (χ4v) is 4.68. The highest BCUT2D eigenvalue weighted by molar-refractivity contribution is 7.91. The van der Waals surface area contributed by atoms with Gasteiger partial charge in [0.1, 0.15) is 0 Å². The van der Waals surface area contributed by atoms with E-state index < -0.39 is 10.0 Å². The molecule has 2 rings (SSSR count). The van der Waals surface area contributed by atoms with Gasteiger partial charge in [-0.05, 0) is 20.8 Å². The van der Waals surface area contributed by atoms with Crippen LogP contribution in [0.25, 0.3) is 0 Å². The summed E-state index contributed by atoms with van der Waals surface area (Å²) in [6.45, 7) is 5.57. The summed E-state index contributed by atoms with van der Waals surface area (Å²) in [7, 11) is -1.78. The molecular weight excluding hydrogens is 320 g/mol. The van der Waals surface area contributed by atoms with Crippen molar-refractivity contribution in [1.82, 2.24) is 19.5 Å². The minimum absolute atomic E-state index is 0.154. The van der Waals surface area contributed by atoms with Crippen molar-refractivity contribution in [2.45, 2.75) is 31.5 Å². The Labute approximate surface area is 126 Å². The van der Waals surface area contributed by atoms with Gasteiger partial charge < -0.3 is 0 Å². The number of hydrogen-bond donors (Lipinski definition) is 1. The van der Waals surface area contributed by atoms with E-state index in [9.17, 15) is 8.42 Å². The maximum atomic E-state index is 12.2. The molecule has 2 aromatic rings. The van der Waals surface area contributed by atoms with Crippen LogP contribution in [0.3, 0.4) is 0 Å². The van der Waals surface area contributed by atoms with Crippen LogP contribution < -0.4 is 4.72 Å². The van der Waals surface area contributed by atoms with E-state index in [4.69, 9.17) is 11.6 Å². The van der Waals surface area contributed by atoms with E-state index in [0.717, 1.165) is 28.3 Å². The number of halogens is 1. The summed E-state index contributed by atoms with van der Waals surface area (Å²) in [5.41, 5.74) is 3.03. The van der Waals surface area contributed by atoms with Crippen molar-refractivity contribution in [2.24, 2.45) is 7.05 Å². The molecule has 110 valence electrons. The number of aryl methyl sites for hydroxylation is 3. The SMILES string of the molecule is Cc1nc(Cl)sc1S(=O)(=O)NCc1c(C)nn(C)c1C. The van der Waals surface area contributed by atoms with E-state index in [0.29, 0.717) is 5.69 Å². The third-order valence-corrected chi connectivity index (χ3v) is 6.34. The lowest BCUT2D eigenvalue weighted by Gasteiger charge is -2.06. The van der Waals surface area contributed by atoms with Crippen LogP contribution in [-0.4, -0.2) is 23.2 Å². The first-order chi connectivity index (χ1) is 9.22. The van der Waals surface area contributed by atoms with Gasteiger partial charge >= 0.3 is 0 Å². The second-order valence-corrected chi connectivity index (χ2v) is 7.98. The zero-order valence-corrected chi connectivity index (χ0v) is 13.9. The molecule has 0 radical (unpaired) electrons. The Kier molecular flexibility index (Phi) is 4.19. The molecule has 0 aliphatic rings. The van der Waals surface area contributed by atoms with Crippen molar-refractivity contribution >= 4 is 33.0 Å². The van der Waals surface area contributed by atoms with Crippen molar-refractivity contribution in [1.29, 1.82) is 0 Å². The average Bonchev–Trinajstić information content (AvgIpc) is 2.79. The smallest absolute Gasteiger partial charge is 0.252 e. The van der Waals surface area contributed by atoms with E-state index in [2.05, 4.69) is 14.8 Å². The van der Waals surface area contributed by atoms with Crippen LogP contribution in [0.1, 0.15) is 22.6 Å². The van der Waals surface area contributed by atoms with Gasteiger partial charge in [-0.2, -0.15) is 5.10 Å². The third kappa shape index (κ3) is 2.88. The molecule has 0 spiro atoms. The molecule has 20 heavy (non-hydrogen) atoms. The van der Waals surface area contributed by atoms with Crippen LogP contribution in [-0.2, 0) is 23.6 Å². The first-order valence-electron chi connectivity index (χ1n) is 5.84. The monoisotopic (exact) mass is 334 g/mol. The van der Waals surface area contributed by atoms with Gasteiger partial charge in [0.25, 0.3) is 10.0 Å². The number of aromatic nitrogens is 3. The number of rotatable bonds is 4. The molecule has 0 fully saturated rings. The minimum atomic E-state index is -3.61. The lowest BCUT2D eigenvalue weighted by atomic mass is 10.2. The largest absolute Gasteiger partial charge is 0.272 e. The molecule has 2 heterocycles. The fraction of sp³-hybridized carbons (Fsp3) is 0.455. The second kappa shape index (κ2) is 5.44. The minimum Gasteiger partial charge on any atom is -0.272 e. The fourth-order valence-electron chi connectivity index (χ4n) is 1.91. The Bertz CT molecular complexity index is 749. The van der Waals surface area contributed by atoms with Gasteiger partial charge in [-0.15, -0.1) is 0 Å². The molecule has 0 amide bonds. The molecule has 0 saturated carbocycles. The lowest BCUT2D eigenvalue weighted by molar-refractivity contribution is 0.582. The Morgan fingerprint density at radius 2 is 1.95 bits per heavy atom. The molecule has 0 saturated heterocycles. The number of nitrogens with one attached hydrogen (secondary N) is 1. The van der Waals surface area contributed by atoms with E-state index in [1.807, 2.05) is 20.9 Å². The highest BCUT2D eigenvalue weighted by Crippen LogP contribution is 2.26. The van der Waals surface area contributed by atoms with E-state index in [1.54, 1.807) is 11.6 Å². The molecule has 1 N–H and O–H groups in total. The van der Waals surface area contributed by atoms with Gasteiger partial charge in [-0.1, -0.05) is 22.9 Å². The molecular formula is C11H15ClN4O2S2. The second-order valence-electron chi connectivity index (χ2n) is 4.44. The maximum absolute atomic E-state index is 12.2. The normalized spacial score (nSPS) is 12.1. The molecule has 0 aliphatic carbocycles. The van der Waals surface area contributed by atoms with Crippen LogP contribution in [0.15, 0.2) is 4.21 Å². The van der Waals surface area contributed by atoms with Crippen LogP contribution in [0.2, 0.25) is 4.47 Å². The summed E-state index contributed by atoms with van der Waals surface area (Å²) in [6.07, 6.45) is 0. The quantitative estimate of drug-likeness (QED) is 0.926. The highest BCUT2D eigenvalue weighted by Gasteiger charge is 2.22. The van der Waals surface area contributed by atoms with Crippen molar-refractivity contribution in [2.75, 3.05) is 0 Å². The van der Waals surface area contributed by atoms with Crippen LogP contribution >= 0.6 is 22.9 Å².